The summed E-state index contributed by atoms with van der Waals surface area (Å²) in [6.45, 7) is 1.27. The van der Waals surface area contributed by atoms with Crippen LogP contribution in [0, 0.1) is 0 Å². The fraction of sp³-hybridized carbons (Fsp3) is 0.385. The predicted octanol–water partition coefficient (Wildman–Crippen LogP) is -0.788. The van der Waals surface area contributed by atoms with E-state index in [0.717, 1.165) is 5.56 Å². The number of rotatable bonds is 6. The number of amides is 1. The number of aliphatic hydroxyl groups is 1. The summed E-state index contributed by atoms with van der Waals surface area (Å²) < 4.78 is 0. The van der Waals surface area contributed by atoms with Crippen molar-refractivity contribution in [2.24, 2.45) is 5.73 Å². The van der Waals surface area contributed by atoms with Gasteiger partial charge in [0.1, 0.15) is 5.75 Å². The number of phenols is 1. The molecule has 7 nitrogen and oxygen atoms in total. The number of hydrogen-bond acceptors (Lipinski definition) is 5. The molecule has 1 aromatic carbocycles. The monoisotopic (exact) mass is 282 g/mol. The van der Waals surface area contributed by atoms with Crippen LogP contribution in [0.1, 0.15) is 12.5 Å². The molecule has 0 fully saturated rings. The van der Waals surface area contributed by atoms with Gasteiger partial charge in [-0.05, 0) is 31.0 Å². The zero-order valence-electron chi connectivity index (χ0n) is 11.0. The van der Waals surface area contributed by atoms with Crippen molar-refractivity contribution < 1.29 is 24.9 Å². The number of aliphatic hydroxyl groups excluding tert-OH is 1. The van der Waals surface area contributed by atoms with Gasteiger partial charge in [0.15, 0.2) is 6.04 Å². The molecule has 1 rings (SSSR count). The Hall–Kier alpha value is -2.12. The van der Waals surface area contributed by atoms with E-state index in [9.17, 15) is 14.7 Å². The number of carboxylic acid groups (broad SMARTS) is 1. The number of nitrogens with one attached hydrogen (secondary N) is 1. The molecule has 0 spiro atoms. The average Bonchev–Trinajstić information content (AvgIpc) is 2.37. The van der Waals surface area contributed by atoms with Gasteiger partial charge in [-0.1, -0.05) is 12.1 Å². The van der Waals surface area contributed by atoms with Gasteiger partial charge in [0.2, 0.25) is 5.91 Å². The summed E-state index contributed by atoms with van der Waals surface area (Å²) in [6, 6.07) is 3.83. The number of phenolic OH excluding ortho intramolecular Hbond substituents is 1. The molecule has 1 aromatic rings. The first-order valence-electron chi connectivity index (χ1n) is 6.06. The average molecular weight is 282 g/mol. The summed E-state index contributed by atoms with van der Waals surface area (Å²) in [5, 5.41) is 29.4. The van der Waals surface area contributed by atoms with Crippen LogP contribution in [0.25, 0.3) is 0 Å². The van der Waals surface area contributed by atoms with E-state index in [1.165, 1.54) is 19.1 Å². The van der Waals surface area contributed by atoms with Crippen molar-refractivity contribution in [2.75, 3.05) is 0 Å². The minimum absolute atomic E-state index is 0.104. The van der Waals surface area contributed by atoms with Crippen LogP contribution < -0.4 is 11.1 Å². The molecule has 0 aliphatic rings. The number of aromatic hydroxyl groups is 1. The summed E-state index contributed by atoms with van der Waals surface area (Å²) in [5.41, 5.74) is 6.42. The zero-order valence-corrected chi connectivity index (χ0v) is 11.0. The second kappa shape index (κ2) is 6.88. The highest BCUT2D eigenvalue weighted by Crippen LogP contribution is 2.11. The lowest BCUT2D eigenvalue weighted by Gasteiger charge is -2.19. The first-order chi connectivity index (χ1) is 9.31. The fourth-order valence-electron chi connectivity index (χ4n) is 1.63. The normalized spacial score (nSPS) is 15.2. The maximum atomic E-state index is 11.8. The van der Waals surface area contributed by atoms with Gasteiger partial charge in [-0.2, -0.15) is 0 Å². The van der Waals surface area contributed by atoms with E-state index in [0.29, 0.717) is 0 Å². The van der Waals surface area contributed by atoms with Crippen molar-refractivity contribution in [3.63, 3.8) is 0 Å². The van der Waals surface area contributed by atoms with Crippen molar-refractivity contribution in [1.82, 2.24) is 5.32 Å². The Bertz CT molecular complexity index is 472. The van der Waals surface area contributed by atoms with Crippen molar-refractivity contribution in [2.45, 2.75) is 31.5 Å². The number of benzene rings is 1. The molecule has 3 atom stereocenters. The lowest BCUT2D eigenvalue weighted by atomic mass is 10.0. The Balaban J connectivity index is 2.62. The molecule has 1 amide bonds. The Morgan fingerprint density at radius 2 is 1.85 bits per heavy atom. The second-order valence-electron chi connectivity index (χ2n) is 4.54. The van der Waals surface area contributed by atoms with Crippen LogP contribution in [-0.4, -0.2) is 45.4 Å². The Labute approximate surface area is 116 Å². The minimum Gasteiger partial charge on any atom is -0.508 e. The highest BCUT2D eigenvalue weighted by Gasteiger charge is 2.27. The van der Waals surface area contributed by atoms with Gasteiger partial charge in [0.25, 0.3) is 0 Å². The maximum Gasteiger partial charge on any atom is 0.328 e. The van der Waals surface area contributed by atoms with Crippen LogP contribution in [0.2, 0.25) is 0 Å². The smallest absolute Gasteiger partial charge is 0.328 e. The molecule has 7 heteroatoms. The van der Waals surface area contributed by atoms with Crippen LogP contribution in [-0.2, 0) is 16.0 Å². The molecule has 0 bridgehead atoms. The maximum absolute atomic E-state index is 11.8. The highest BCUT2D eigenvalue weighted by atomic mass is 16.4. The first kappa shape index (κ1) is 15.9. The third-order valence-corrected chi connectivity index (χ3v) is 2.77. The summed E-state index contributed by atoms with van der Waals surface area (Å²) in [5.74, 6) is -1.89. The summed E-state index contributed by atoms with van der Waals surface area (Å²) in [4.78, 5) is 22.6. The largest absolute Gasteiger partial charge is 0.508 e. The number of carbonyl (C=O) groups is 2. The second-order valence-corrected chi connectivity index (χ2v) is 4.54. The van der Waals surface area contributed by atoms with Crippen molar-refractivity contribution >= 4 is 11.9 Å². The summed E-state index contributed by atoms with van der Waals surface area (Å²) >= 11 is 0. The lowest BCUT2D eigenvalue weighted by molar-refractivity contribution is -0.144. The van der Waals surface area contributed by atoms with E-state index in [2.05, 4.69) is 5.32 Å². The van der Waals surface area contributed by atoms with Crippen LogP contribution in [0.5, 0.6) is 5.75 Å². The van der Waals surface area contributed by atoms with Gasteiger partial charge in [0, 0.05) is 0 Å². The van der Waals surface area contributed by atoms with Gasteiger partial charge >= 0.3 is 5.97 Å². The van der Waals surface area contributed by atoms with E-state index in [1.54, 1.807) is 12.1 Å². The van der Waals surface area contributed by atoms with E-state index in [1.807, 2.05) is 0 Å². The molecule has 0 heterocycles. The third kappa shape index (κ3) is 4.52. The van der Waals surface area contributed by atoms with Crippen molar-refractivity contribution in [3.05, 3.63) is 29.8 Å². The molecule has 110 valence electrons. The van der Waals surface area contributed by atoms with Crippen LogP contribution in [0.3, 0.4) is 0 Å². The molecule has 0 aliphatic heterocycles. The molecule has 6 N–H and O–H groups in total. The SMILES string of the molecule is CC(O)C(NC(=O)[C@H](N)Cc1ccc(O)cc1)C(=O)O. The lowest BCUT2D eigenvalue weighted by Crippen LogP contribution is -2.53. The molecule has 0 aromatic heterocycles. The number of carbonyl (C=O) groups excluding carboxylic acids is 1. The Kier molecular flexibility index (Phi) is 5.48. The fourth-order valence-corrected chi connectivity index (χ4v) is 1.63. The van der Waals surface area contributed by atoms with Gasteiger partial charge in [0.05, 0.1) is 12.1 Å². The molecule has 2 unspecified atom stereocenters. The first-order valence-corrected chi connectivity index (χ1v) is 6.06. The third-order valence-electron chi connectivity index (χ3n) is 2.77. The molecule has 0 aliphatic carbocycles. The van der Waals surface area contributed by atoms with E-state index in [4.69, 9.17) is 15.9 Å². The number of aliphatic carboxylic acids is 1. The topological polar surface area (TPSA) is 133 Å². The highest BCUT2D eigenvalue weighted by molar-refractivity contribution is 5.87. The molecule has 0 saturated carbocycles. The van der Waals surface area contributed by atoms with Gasteiger partial charge in [-0.25, -0.2) is 4.79 Å². The van der Waals surface area contributed by atoms with Crippen molar-refractivity contribution in [1.29, 1.82) is 0 Å². The minimum atomic E-state index is -1.40. The van der Waals surface area contributed by atoms with Crippen LogP contribution in [0.15, 0.2) is 24.3 Å². The van der Waals surface area contributed by atoms with Crippen LogP contribution >= 0.6 is 0 Å². The Morgan fingerprint density at radius 1 is 1.30 bits per heavy atom. The summed E-state index contributed by atoms with van der Waals surface area (Å²) in [6.07, 6.45) is -1.03. The standard InChI is InChI=1S/C13H18N2O5/c1-7(16)11(13(19)20)15-12(18)10(14)6-8-2-4-9(17)5-3-8/h2-5,7,10-11,16-17H,6,14H2,1H3,(H,15,18)(H,19,20)/t7?,10-,11?/m1/s1. The Morgan fingerprint density at radius 3 is 2.30 bits per heavy atom. The van der Waals surface area contributed by atoms with E-state index in [-0.39, 0.29) is 12.2 Å². The quantitative estimate of drug-likeness (QED) is 0.464. The number of nitrogens with two attached hydrogens (primary N) is 1. The van der Waals surface area contributed by atoms with Gasteiger partial charge in [-0.15, -0.1) is 0 Å². The molecule has 0 saturated heterocycles. The zero-order chi connectivity index (χ0) is 15.3. The van der Waals surface area contributed by atoms with Crippen molar-refractivity contribution in [3.8, 4) is 5.75 Å². The van der Waals surface area contributed by atoms with Crippen LogP contribution in [0.4, 0.5) is 0 Å². The number of carboxylic acids is 1. The molecule has 20 heavy (non-hydrogen) atoms. The van der Waals surface area contributed by atoms with E-state index >= 15 is 0 Å². The molecule has 0 radical (unpaired) electrons. The predicted molar refractivity (Wildman–Crippen MR) is 71.0 cm³/mol. The van der Waals surface area contributed by atoms with Gasteiger partial charge < -0.3 is 26.4 Å². The molecular weight excluding hydrogens is 264 g/mol. The molecular formula is C13H18N2O5. The van der Waals surface area contributed by atoms with Gasteiger partial charge in [-0.3, -0.25) is 4.79 Å². The van der Waals surface area contributed by atoms with E-state index < -0.39 is 30.1 Å². The number of hydrogen-bond donors (Lipinski definition) is 5. The summed E-state index contributed by atoms with van der Waals surface area (Å²) in [7, 11) is 0.